The molecule has 0 fully saturated rings. The lowest BCUT2D eigenvalue weighted by Gasteiger charge is -2.23. The van der Waals surface area contributed by atoms with E-state index in [4.69, 9.17) is 11.6 Å². The predicted octanol–water partition coefficient (Wildman–Crippen LogP) is 2.76. The van der Waals surface area contributed by atoms with Gasteiger partial charge in [-0.1, -0.05) is 43.6 Å². The maximum absolute atomic E-state index is 12.0. The second-order valence-corrected chi connectivity index (χ2v) is 5.42. The number of aliphatic carboxylic acids is 1. The predicted molar refractivity (Wildman–Crippen MR) is 77.8 cm³/mol. The van der Waals surface area contributed by atoms with Crippen molar-refractivity contribution in [1.82, 2.24) is 10.2 Å². The van der Waals surface area contributed by atoms with Crippen LogP contribution >= 0.6 is 11.6 Å². The fourth-order valence-electron chi connectivity index (χ4n) is 1.85. The Balaban J connectivity index is 2.87. The number of amides is 2. The maximum atomic E-state index is 12.0. The van der Waals surface area contributed by atoms with E-state index >= 15 is 0 Å². The minimum absolute atomic E-state index is 0.300. The second-order valence-electron chi connectivity index (χ2n) is 5.02. The molecule has 0 saturated heterocycles. The summed E-state index contributed by atoms with van der Waals surface area (Å²) in [6.45, 7) is 4.50. The van der Waals surface area contributed by atoms with Gasteiger partial charge in [0.1, 0.15) is 0 Å². The Morgan fingerprint density at radius 1 is 1.35 bits per heavy atom. The van der Waals surface area contributed by atoms with Gasteiger partial charge in [0.25, 0.3) is 0 Å². The smallest absolute Gasteiger partial charge is 0.331 e. The van der Waals surface area contributed by atoms with Crippen molar-refractivity contribution in [2.24, 2.45) is 5.92 Å². The summed E-state index contributed by atoms with van der Waals surface area (Å²) in [4.78, 5) is 24.8. The Kier molecular flexibility index (Phi) is 5.82. The van der Waals surface area contributed by atoms with E-state index in [1.165, 1.54) is 4.90 Å². The quantitative estimate of drug-likeness (QED) is 0.878. The molecule has 0 radical (unpaired) electrons. The summed E-state index contributed by atoms with van der Waals surface area (Å²) < 4.78 is 0. The first-order chi connectivity index (χ1) is 9.32. The number of hydrogen-bond donors (Lipinski definition) is 2. The first kappa shape index (κ1) is 16.3. The van der Waals surface area contributed by atoms with E-state index in [0.717, 1.165) is 0 Å². The normalized spacial score (nSPS) is 12.1. The van der Waals surface area contributed by atoms with Crippen LogP contribution in [0.25, 0.3) is 0 Å². The van der Waals surface area contributed by atoms with Gasteiger partial charge in [-0.3, -0.25) is 0 Å². The van der Waals surface area contributed by atoms with Crippen molar-refractivity contribution in [3.8, 4) is 0 Å². The lowest BCUT2D eigenvalue weighted by Crippen LogP contribution is -2.43. The third-order valence-corrected chi connectivity index (χ3v) is 3.06. The molecule has 0 aromatic heterocycles. The number of halogens is 1. The molecule has 5 nitrogen and oxygen atoms in total. The van der Waals surface area contributed by atoms with Crippen LogP contribution in [0.3, 0.4) is 0 Å². The molecule has 1 aromatic carbocycles. The van der Waals surface area contributed by atoms with Crippen molar-refractivity contribution in [3.05, 3.63) is 34.9 Å². The molecule has 6 heteroatoms. The molecule has 0 aliphatic heterocycles. The van der Waals surface area contributed by atoms with Crippen molar-refractivity contribution in [2.75, 3.05) is 13.6 Å². The van der Waals surface area contributed by atoms with Crippen LogP contribution in [-0.2, 0) is 4.79 Å². The molecule has 0 bridgehead atoms. The number of carbonyl (C=O) groups is 2. The van der Waals surface area contributed by atoms with Gasteiger partial charge in [-0.15, -0.1) is 0 Å². The van der Waals surface area contributed by atoms with Crippen LogP contribution in [0, 0.1) is 5.92 Å². The highest BCUT2D eigenvalue weighted by Crippen LogP contribution is 2.23. The molecule has 1 rings (SSSR count). The van der Waals surface area contributed by atoms with Crippen LogP contribution in [-0.4, -0.2) is 35.6 Å². The Bertz CT molecular complexity index is 491. The van der Waals surface area contributed by atoms with E-state index in [9.17, 15) is 14.7 Å². The zero-order valence-corrected chi connectivity index (χ0v) is 12.5. The zero-order chi connectivity index (χ0) is 15.3. The molecule has 2 N–H and O–H groups in total. The van der Waals surface area contributed by atoms with Gasteiger partial charge in [-0.25, -0.2) is 9.59 Å². The number of nitrogens with one attached hydrogen (secondary N) is 1. The third-order valence-electron chi connectivity index (χ3n) is 2.72. The fraction of sp³-hybridized carbons (Fsp3) is 0.429. The summed E-state index contributed by atoms with van der Waals surface area (Å²) in [7, 11) is 1.63. The molecular weight excluding hydrogens is 280 g/mol. The number of benzene rings is 1. The first-order valence-corrected chi connectivity index (χ1v) is 6.69. The summed E-state index contributed by atoms with van der Waals surface area (Å²) >= 11 is 5.98. The van der Waals surface area contributed by atoms with Crippen LogP contribution in [0.2, 0.25) is 5.02 Å². The number of carbonyl (C=O) groups excluding carboxylic acids is 1. The number of carboxylic acid groups (broad SMARTS) is 1. The Morgan fingerprint density at radius 3 is 2.45 bits per heavy atom. The van der Waals surface area contributed by atoms with Crippen molar-refractivity contribution < 1.29 is 14.7 Å². The molecule has 1 atom stereocenters. The van der Waals surface area contributed by atoms with E-state index in [-0.39, 0.29) is 0 Å². The zero-order valence-electron chi connectivity index (χ0n) is 11.8. The van der Waals surface area contributed by atoms with Crippen molar-refractivity contribution in [1.29, 1.82) is 0 Å². The highest BCUT2D eigenvalue weighted by Gasteiger charge is 2.25. The van der Waals surface area contributed by atoms with E-state index in [1.807, 2.05) is 13.8 Å². The topological polar surface area (TPSA) is 69.6 Å². The Morgan fingerprint density at radius 2 is 1.95 bits per heavy atom. The lowest BCUT2D eigenvalue weighted by atomic mass is 10.1. The first-order valence-electron chi connectivity index (χ1n) is 6.31. The SMILES string of the molecule is CC(C)CN(C)C(=O)N[C@@H](C(=O)O)c1ccccc1Cl. The number of carboxylic acids is 1. The van der Waals surface area contributed by atoms with Gasteiger partial charge in [-0.2, -0.15) is 0 Å². The average molecular weight is 299 g/mol. The summed E-state index contributed by atoms with van der Waals surface area (Å²) in [5.41, 5.74) is 0.368. The summed E-state index contributed by atoms with van der Waals surface area (Å²) in [6.07, 6.45) is 0. The van der Waals surface area contributed by atoms with Crippen LogP contribution in [0.15, 0.2) is 24.3 Å². The molecule has 20 heavy (non-hydrogen) atoms. The van der Waals surface area contributed by atoms with Crippen molar-refractivity contribution in [2.45, 2.75) is 19.9 Å². The highest BCUT2D eigenvalue weighted by atomic mass is 35.5. The van der Waals surface area contributed by atoms with Crippen molar-refractivity contribution in [3.63, 3.8) is 0 Å². The fourth-order valence-corrected chi connectivity index (χ4v) is 2.09. The molecular formula is C14H19ClN2O3. The number of nitrogens with zero attached hydrogens (tertiary/aromatic N) is 1. The van der Waals surface area contributed by atoms with Gasteiger partial charge < -0.3 is 15.3 Å². The molecule has 0 heterocycles. The second kappa shape index (κ2) is 7.14. The van der Waals surface area contributed by atoms with Gasteiger partial charge in [0, 0.05) is 24.2 Å². The minimum atomic E-state index is -1.16. The highest BCUT2D eigenvalue weighted by molar-refractivity contribution is 6.31. The lowest BCUT2D eigenvalue weighted by molar-refractivity contribution is -0.139. The van der Waals surface area contributed by atoms with Crippen LogP contribution in [0.4, 0.5) is 4.79 Å². The number of hydrogen-bond acceptors (Lipinski definition) is 2. The molecule has 0 aliphatic rings. The maximum Gasteiger partial charge on any atom is 0.331 e. The standard InChI is InChI=1S/C14H19ClN2O3/c1-9(2)8-17(3)14(20)16-12(13(18)19)10-6-4-5-7-11(10)15/h4-7,9,12H,8H2,1-3H3,(H,16,20)(H,18,19)/t12-/m1/s1. The van der Waals surface area contributed by atoms with Gasteiger partial charge in [0.15, 0.2) is 6.04 Å². The molecule has 1 aromatic rings. The van der Waals surface area contributed by atoms with Gasteiger partial charge in [0.05, 0.1) is 0 Å². The molecule has 0 spiro atoms. The Hall–Kier alpha value is -1.75. The minimum Gasteiger partial charge on any atom is -0.479 e. The summed E-state index contributed by atoms with van der Waals surface area (Å²) in [6, 6.07) is 4.97. The largest absolute Gasteiger partial charge is 0.479 e. The van der Waals surface area contributed by atoms with Crippen LogP contribution in [0.5, 0.6) is 0 Å². The van der Waals surface area contributed by atoms with Gasteiger partial charge in [0.2, 0.25) is 0 Å². The monoisotopic (exact) mass is 298 g/mol. The third kappa shape index (κ3) is 4.42. The molecule has 0 aliphatic carbocycles. The summed E-state index contributed by atoms with van der Waals surface area (Å²) in [5.74, 6) is -0.848. The number of rotatable bonds is 5. The van der Waals surface area contributed by atoms with E-state index in [2.05, 4.69) is 5.32 Å². The van der Waals surface area contributed by atoms with Crippen molar-refractivity contribution >= 4 is 23.6 Å². The van der Waals surface area contributed by atoms with Crippen LogP contribution < -0.4 is 5.32 Å². The van der Waals surface area contributed by atoms with Crippen LogP contribution in [0.1, 0.15) is 25.5 Å². The number of urea groups is 1. The molecule has 110 valence electrons. The van der Waals surface area contributed by atoms with Gasteiger partial charge in [-0.05, 0) is 12.0 Å². The van der Waals surface area contributed by atoms with Gasteiger partial charge >= 0.3 is 12.0 Å². The molecule has 0 saturated carbocycles. The molecule has 0 unspecified atom stereocenters. The van der Waals surface area contributed by atoms with E-state index in [1.54, 1.807) is 31.3 Å². The van der Waals surface area contributed by atoms with E-state index in [0.29, 0.717) is 23.0 Å². The average Bonchev–Trinajstić information content (AvgIpc) is 2.35. The summed E-state index contributed by atoms with van der Waals surface area (Å²) in [5, 5.41) is 12.1. The van der Waals surface area contributed by atoms with E-state index < -0.39 is 18.0 Å². The Labute approximate surface area is 123 Å². The molecule has 2 amide bonds.